The summed E-state index contributed by atoms with van der Waals surface area (Å²) in [5.74, 6) is 1.03. The number of aryl methyl sites for hydroxylation is 1. The van der Waals surface area contributed by atoms with E-state index >= 15 is 0 Å². The van der Waals surface area contributed by atoms with Gasteiger partial charge in [0.15, 0.2) is 5.78 Å². The zero-order valence-corrected chi connectivity index (χ0v) is 22.6. The van der Waals surface area contributed by atoms with E-state index in [2.05, 4.69) is 83.4 Å². The zero-order chi connectivity index (χ0) is 25.7. The second kappa shape index (κ2) is 11.7. The lowest BCUT2D eigenvalue weighted by Gasteiger charge is -2.22. The topological polar surface area (TPSA) is 26.4 Å². The molecule has 38 heavy (non-hydrogen) atoms. The number of nitrogens with zero attached hydrogens (tertiary/aromatic N) is 1. The van der Waals surface area contributed by atoms with Crippen LogP contribution in [0.3, 0.4) is 0 Å². The van der Waals surface area contributed by atoms with E-state index < -0.39 is 0 Å². The number of Topliss-reactive ketones (excluding diaryl/α,β-unsaturated/α-hetero) is 1. The summed E-state index contributed by atoms with van der Waals surface area (Å²) in [5.41, 5.74) is 7.83. The van der Waals surface area contributed by atoms with E-state index in [1.165, 1.54) is 70.2 Å². The van der Waals surface area contributed by atoms with Crippen LogP contribution in [0.15, 0.2) is 78.9 Å². The average Bonchev–Trinajstić information content (AvgIpc) is 3.15. The molecule has 0 aliphatic heterocycles. The van der Waals surface area contributed by atoms with Gasteiger partial charge in [-0.05, 0) is 61.3 Å². The lowest BCUT2D eigenvalue weighted by atomic mass is 9.83. The molecule has 1 heterocycles. The lowest BCUT2D eigenvalue weighted by molar-refractivity contribution is -0.928. The van der Waals surface area contributed by atoms with Gasteiger partial charge in [-0.2, -0.15) is 0 Å². The number of nitrogens with one attached hydrogen (secondary N) is 1. The monoisotopic (exact) mass is 505 g/mol. The van der Waals surface area contributed by atoms with Gasteiger partial charge in [-0.1, -0.05) is 86.0 Å². The summed E-state index contributed by atoms with van der Waals surface area (Å²) >= 11 is 0. The molecule has 0 bridgehead atoms. The summed E-state index contributed by atoms with van der Waals surface area (Å²) in [4.78, 5) is 15.0. The number of aromatic nitrogens is 1. The molecule has 4 aromatic rings. The van der Waals surface area contributed by atoms with Gasteiger partial charge in [-0.3, -0.25) is 4.79 Å². The Morgan fingerprint density at radius 3 is 2.08 bits per heavy atom. The molecular weight excluding hydrogens is 464 g/mol. The minimum absolute atomic E-state index is 0.348. The number of fused-ring (bicyclic) bond motifs is 3. The third kappa shape index (κ3) is 5.49. The van der Waals surface area contributed by atoms with Crippen molar-refractivity contribution in [3.63, 3.8) is 0 Å². The number of benzene rings is 3. The van der Waals surface area contributed by atoms with Gasteiger partial charge in [-0.25, -0.2) is 0 Å². The van der Waals surface area contributed by atoms with Crippen LogP contribution < -0.4 is 4.90 Å². The fourth-order valence-electron chi connectivity index (χ4n) is 6.92. The fraction of sp³-hybridized carbons (Fsp3) is 0.400. The van der Waals surface area contributed by atoms with Gasteiger partial charge in [0, 0.05) is 28.5 Å². The number of hydrogen-bond acceptors (Lipinski definition) is 1. The summed E-state index contributed by atoms with van der Waals surface area (Å²) in [6.45, 7) is 3.82. The van der Waals surface area contributed by atoms with E-state index in [0.29, 0.717) is 18.1 Å². The SMILES string of the molecule is O=C1CCCCc2c1n(CC[NH+](Cc1ccccc1)Cc1ccccc1)c1ccc(C3CCCCC3)cc21. The van der Waals surface area contributed by atoms with Crippen LogP contribution in [0.2, 0.25) is 0 Å². The van der Waals surface area contributed by atoms with E-state index in [9.17, 15) is 4.79 Å². The van der Waals surface area contributed by atoms with Crippen molar-refractivity contribution >= 4 is 16.7 Å². The lowest BCUT2D eigenvalue weighted by Crippen LogP contribution is -3.09. The van der Waals surface area contributed by atoms with Gasteiger partial charge in [0.05, 0.1) is 18.8 Å². The first-order valence-corrected chi connectivity index (χ1v) is 14.9. The largest absolute Gasteiger partial charge is 0.332 e. The minimum Gasteiger partial charge on any atom is -0.332 e. The van der Waals surface area contributed by atoms with Crippen molar-refractivity contribution < 1.29 is 9.69 Å². The molecule has 1 saturated carbocycles. The number of carbonyl (C=O) groups excluding carboxylic acids is 1. The molecule has 1 N–H and O–H groups in total. The van der Waals surface area contributed by atoms with Crippen molar-refractivity contribution in [3.8, 4) is 0 Å². The zero-order valence-electron chi connectivity index (χ0n) is 22.6. The maximum absolute atomic E-state index is 13.5. The Labute approximate surface area is 227 Å². The number of ketones is 1. The van der Waals surface area contributed by atoms with Crippen molar-refractivity contribution in [1.82, 2.24) is 4.57 Å². The van der Waals surface area contributed by atoms with Gasteiger partial charge < -0.3 is 9.47 Å². The highest BCUT2D eigenvalue weighted by Crippen LogP contribution is 2.37. The third-order valence-corrected chi connectivity index (χ3v) is 8.90. The van der Waals surface area contributed by atoms with Gasteiger partial charge in [0.1, 0.15) is 13.1 Å². The van der Waals surface area contributed by atoms with Crippen LogP contribution in [0, 0.1) is 0 Å². The van der Waals surface area contributed by atoms with Crippen molar-refractivity contribution in [1.29, 1.82) is 0 Å². The molecular formula is C35H41N2O+. The van der Waals surface area contributed by atoms with Crippen LogP contribution in [0.5, 0.6) is 0 Å². The molecule has 3 heteroatoms. The second-order valence-electron chi connectivity index (χ2n) is 11.5. The predicted octanol–water partition coefficient (Wildman–Crippen LogP) is 6.88. The molecule has 3 aromatic carbocycles. The van der Waals surface area contributed by atoms with Gasteiger partial charge in [0.25, 0.3) is 0 Å². The molecule has 0 saturated heterocycles. The number of rotatable bonds is 8. The Hall–Kier alpha value is -3.17. The van der Waals surface area contributed by atoms with Crippen molar-refractivity contribution in [2.75, 3.05) is 6.54 Å². The van der Waals surface area contributed by atoms with Gasteiger partial charge >= 0.3 is 0 Å². The quantitative estimate of drug-likeness (QED) is 0.260. The first-order chi connectivity index (χ1) is 18.8. The molecule has 6 rings (SSSR count). The fourth-order valence-corrected chi connectivity index (χ4v) is 6.92. The molecule has 0 atom stereocenters. The molecule has 0 amide bonds. The van der Waals surface area contributed by atoms with E-state index in [0.717, 1.165) is 51.1 Å². The summed E-state index contributed by atoms with van der Waals surface area (Å²) in [5, 5.41) is 1.35. The second-order valence-corrected chi connectivity index (χ2v) is 11.5. The first kappa shape index (κ1) is 25.1. The highest BCUT2D eigenvalue weighted by molar-refractivity contribution is 6.03. The normalized spacial score (nSPS) is 16.6. The standard InChI is InChI=1S/C35H40N2O/c38-34-19-11-10-18-31-32-24-30(29-16-8-3-9-17-29)20-21-33(32)37(35(31)34)23-22-36(25-27-12-4-1-5-13-27)26-28-14-6-2-7-15-28/h1-2,4-7,12-15,20-21,24,29H,3,8-11,16-19,22-23,25-26H2/p+1. The molecule has 2 aliphatic rings. The van der Waals surface area contributed by atoms with Crippen LogP contribution >= 0.6 is 0 Å². The Morgan fingerprint density at radius 2 is 1.39 bits per heavy atom. The Kier molecular flexibility index (Phi) is 7.74. The molecule has 3 nitrogen and oxygen atoms in total. The maximum atomic E-state index is 13.5. The van der Waals surface area contributed by atoms with Crippen molar-refractivity contribution in [2.24, 2.45) is 0 Å². The third-order valence-electron chi connectivity index (χ3n) is 8.90. The molecule has 1 aromatic heterocycles. The van der Waals surface area contributed by atoms with Gasteiger partial charge in [-0.15, -0.1) is 0 Å². The van der Waals surface area contributed by atoms with Crippen LogP contribution in [0.1, 0.15) is 90.0 Å². The summed E-state index contributed by atoms with van der Waals surface area (Å²) in [6, 6.07) is 28.9. The molecule has 0 radical (unpaired) electrons. The Bertz CT molecular complexity index is 1320. The maximum Gasteiger partial charge on any atom is 0.179 e. The highest BCUT2D eigenvalue weighted by atomic mass is 16.1. The van der Waals surface area contributed by atoms with E-state index in [1.807, 2.05) is 0 Å². The molecule has 0 spiro atoms. The molecule has 196 valence electrons. The van der Waals surface area contributed by atoms with Crippen LogP contribution in [0.25, 0.3) is 10.9 Å². The summed E-state index contributed by atoms with van der Waals surface area (Å²) in [6.07, 6.45) is 10.5. The van der Waals surface area contributed by atoms with Gasteiger partial charge in [0.2, 0.25) is 0 Å². The van der Waals surface area contributed by atoms with Crippen LogP contribution in [0.4, 0.5) is 0 Å². The summed E-state index contributed by atoms with van der Waals surface area (Å²) in [7, 11) is 0. The number of quaternary nitrogens is 1. The smallest absolute Gasteiger partial charge is 0.179 e. The molecule has 1 fully saturated rings. The molecule has 2 aliphatic carbocycles. The van der Waals surface area contributed by atoms with Crippen LogP contribution in [-0.4, -0.2) is 16.9 Å². The van der Waals surface area contributed by atoms with Crippen LogP contribution in [-0.2, 0) is 26.1 Å². The molecule has 0 unspecified atom stereocenters. The van der Waals surface area contributed by atoms with E-state index in [-0.39, 0.29) is 0 Å². The van der Waals surface area contributed by atoms with Crippen molar-refractivity contribution in [3.05, 3.63) is 107 Å². The Morgan fingerprint density at radius 1 is 0.737 bits per heavy atom. The van der Waals surface area contributed by atoms with E-state index in [4.69, 9.17) is 0 Å². The highest BCUT2D eigenvalue weighted by Gasteiger charge is 2.26. The van der Waals surface area contributed by atoms with E-state index in [1.54, 1.807) is 0 Å². The average molecular weight is 506 g/mol. The van der Waals surface area contributed by atoms with Crippen molar-refractivity contribution in [2.45, 2.75) is 83.3 Å². The summed E-state index contributed by atoms with van der Waals surface area (Å²) < 4.78 is 2.40. The minimum atomic E-state index is 0.348. The Balaban J connectivity index is 1.33. The number of carbonyl (C=O) groups is 1. The predicted molar refractivity (Wildman–Crippen MR) is 156 cm³/mol. The number of hydrogen-bond donors (Lipinski definition) is 1. The first-order valence-electron chi connectivity index (χ1n) is 14.9.